The lowest BCUT2D eigenvalue weighted by Gasteiger charge is -2.22. The fourth-order valence-corrected chi connectivity index (χ4v) is 2.60. The Kier molecular flexibility index (Phi) is 5.89. The minimum Gasteiger partial charge on any atom is -0.478 e. The molecule has 120 valence electrons. The van der Waals surface area contributed by atoms with Gasteiger partial charge in [0.25, 0.3) is 0 Å². The lowest BCUT2D eigenvalue weighted by molar-refractivity contribution is 0.0696. The molecule has 0 saturated heterocycles. The van der Waals surface area contributed by atoms with Crippen LogP contribution in [0.1, 0.15) is 55.5 Å². The molecular weight excluding hydrogens is 280 g/mol. The largest absolute Gasteiger partial charge is 0.478 e. The maximum absolute atomic E-state index is 11.6. The van der Waals surface area contributed by atoms with Crippen LogP contribution in [0.25, 0.3) is 11.0 Å². The molecule has 2 aromatic rings. The highest BCUT2D eigenvalue weighted by Crippen LogP contribution is 2.21. The molecule has 0 saturated carbocycles. The second-order valence-corrected chi connectivity index (χ2v) is 5.58. The Bertz CT molecular complexity index is 616. The molecule has 0 radical (unpaired) electrons. The Morgan fingerprint density at radius 1 is 1.18 bits per heavy atom. The molecule has 6 nitrogen and oxygen atoms in total. The Balaban J connectivity index is 2.27. The monoisotopic (exact) mass is 304 g/mol. The molecule has 0 fully saturated rings. The summed E-state index contributed by atoms with van der Waals surface area (Å²) in [6.07, 6.45) is 4.52. The molecule has 1 aromatic carbocycles. The first-order valence-electron chi connectivity index (χ1n) is 7.95. The second-order valence-electron chi connectivity index (χ2n) is 5.58. The number of benzene rings is 1. The number of rotatable bonds is 9. The van der Waals surface area contributed by atoms with Gasteiger partial charge in [-0.15, -0.1) is 0 Å². The molecule has 1 heterocycles. The third kappa shape index (κ3) is 3.82. The number of nitrogens with one attached hydrogen (secondary N) is 1. The zero-order valence-electron chi connectivity index (χ0n) is 13.3. The van der Waals surface area contributed by atoms with E-state index in [1.807, 2.05) is 12.1 Å². The van der Waals surface area contributed by atoms with Crippen molar-refractivity contribution in [3.8, 4) is 0 Å². The number of fused-ring (bicyclic) bond motifs is 1. The molecule has 0 aliphatic heterocycles. The van der Waals surface area contributed by atoms with Crippen LogP contribution in [0.5, 0.6) is 0 Å². The third-order valence-electron chi connectivity index (χ3n) is 3.84. The van der Waals surface area contributed by atoms with Crippen LogP contribution in [0, 0.1) is 0 Å². The molecule has 1 aromatic heterocycles. The van der Waals surface area contributed by atoms with Crippen LogP contribution in [0.2, 0.25) is 0 Å². The molecule has 2 rings (SSSR count). The van der Waals surface area contributed by atoms with Crippen molar-refractivity contribution < 1.29 is 9.90 Å². The summed E-state index contributed by atoms with van der Waals surface area (Å²) in [6, 6.07) is 3.69. The van der Waals surface area contributed by atoms with Crippen molar-refractivity contribution in [1.29, 1.82) is 0 Å². The predicted molar refractivity (Wildman–Crippen MR) is 85.9 cm³/mol. The second kappa shape index (κ2) is 7.89. The van der Waals surface area contributed by atoms with Gasteiger partial charge in [-0.3, -0.25) is 4.90 Å². The summed E-state index contributed by atoms with van der Waals surface area (Å²) in [5, 5.41) is 20.0. The normalized spacial score (nSPS) is 11.4. The lowest BCUT2D eigenvalue weighted by Crippen LogP contribution is -2.26. The smallest absolute Gasteiger partial charge is 0.338 e. The van der Waals surface area contributed by atoms with E-state index < -0.39 is 5.97 Å². The minimum atomic E-state index is -0.944. The van der Waals surface area contributed by atoms with E-state index >= 15 is 0 Å². The minimum absolute atomic E-state index is 0.268. The van der Waals surface area contributed by atoms with E-state index in [-0.39, 0.29) is 5.56 Å². The molecular formula is C16H24N4O2. The summed E-state index contributed by atoms with van der Waals surface area (Å²) < 4.78 is 0. The van der Waals surface area contributed by atoms with Crippen molar-refractivity contribution in [2.75, 3.05) is 13.1 Å². The highest BCUT2D eigenvalue weighted by atomic mass is 16.4. The fourth-order valence-electron chi connectivity index (χ4n) is 2.60. The van der Waals surface area contributed by atoms with E-state index in [1.165, 1.54) is 0 Å². The number of carbonyl (C=O) groups is 1. The summed E-state index contributed by atoms with van der Waals surface area (Å²) in [4.78, 5) is 14.0. The van der Waals surface area contributed by atoms with E-state index in [4.69, 9.17) is 0 Å². The molecule has 6 heteroatoms. The first-order chi connectivity index (χ1) is 10.7. The van der Waals surface area contributed by atoms with Gasteiger partial charge >= 0.3 is 5.97 Å². The zero-order chi connectivity index (χ0) is 15.9. The summed E-state index contributed by atoms with van der Waals surface area (Å²) in [7, 11) is 0. The average molecular weight is 304 g/mol. The number of unbranched alkanes of at least 4 members (excludes halogenated alkanes) is 2. The Morgan fingerprint density at radius 3 is 2.45 bits per heavy atom. The number of H-pyrrole nitrogens is 1. The van der Waals surface area contributed by atoms with E-state index in [9.17, 15) is 9.90 Å². The average Bonchev–Trinajstić information content (AvgIpc) is 2.97. The number of hydrogen-bond donors (Lipinski definition) is 2. The number of nitrogens with zero attached hydrogens (tertiary/aromatic N) is 3. The molecule has 0 atom stereocenters. The lowest BCUT2D eigenvalue weighted by atomic mass is 10.0. The first-order valence-corrected chi connectivity index (χ1v) is 7.95. The van der Waals surface area contributed by atoms with Gasteiger partial charge in [0, 0.05) is 6.54 Å². The number of carboxylic acids is 1. The van der Waals surface area contributed by atoms with Crippen molar-refractivity contribution in [3.05, 3.63) is 23.3 Å². The van der Waals surface area contributed by atoms with Crippen LogP contribution in [0.4, 0.5) is 0 Å². The molecule has 0 unspecified atom stereocenters. The van der Waals surface area contributed by atoms with Gasteiger partial charge in [-0.25, -0.2) is 4.79 Å². The quantitative estimate of drug-likeness (QED) is 0.744. The van der Waals surface area contributed by atoms with Crippen LogP contribution in [0.15, 0.2) is 12.1 Å². The van der Waals surface area contributed by atoms with Crippen molar-refractivity contribution >= 4 is 17.0 Å². The summed E-state index contributed by atoms with van der Waals surface area (Å²) in [5.74, 6) is -0.944. The van der Waals surface area contributed by atoms with Gasteiger partial charge < -0.3 is 5.11 Å². The highest BCUT2D eigenvalue weighted by molar-refractivity contribution is 6.02. The van der Waals surface area contributed by atoms with Gasteiger partial charge in [-0.1, -0.05) is 32.8 Å². The van der Waals surface area contributed by atoms with E-state index in [0.29, 0.717) is 17.6 Å². The molecule has 0 bridgehead atoms. The maximum atomic E-state index is 11.6. The summed E-state index contributed by atoms with van der Waals surface area (Å²) in [6.45, 7) is 6.97. The van der Waals surface area contributed by atoms with Gasteiger partial charge in [0.1, 0.15) is 11.0 Å². The van der Waals surface area contributed by atoms with Gasteiger partial charge in [0.2, 0.25) is 0 Å². The van der Waals surface area contributed by atoms with Gasteiger partial charge in [-0.2, -0.15) is 15.4 Å². The SMILES string of the molecule is CCCCN(CCCC)Cc1ccc2n[nH]nc2c1C(=O)O. The number of hydrogen-bond acceptors (Lipinski definition) is 4. The van der Waals surface area contributed by atoms with E-state index in [2.05, 4.69) is 34.2 Å². The maximum Gasteiger partial charge on any atom is 0.338 e. The summed E-state index contributed by atoms with van der Waals surface area (Å²) >= 11 is 0. The molecule has 22 heavy (non-hydrogen) atoms. The highest BCUT2D eigenvalue weighted by Gasteiger charge is 2.19. The van der Waals surface area contributed by atoms with Crippen LogP contribution in [-0.2, 0) is 6.54 Å². The Hall–Kier alpha value is -1.95. The standard InChI is InChI=1S/C16H24N4O2/c1-3-5-9-20(10-6-4-2)11-12-7-8-13-15(18-19-17-13)14(12)16(21)22/h7-8H,3-6,9-11H2,1-2H3,(H,21,22)(H,17,18,19). The number of aromatic nitrogens is 3. The third-order valence-corrected chi connectivity index (χ3v) is 3.84. The van der Waals surface area contributed by atoms with Crippen molar-refractivity contribution in [2.45, 2.75) is 46.1 Å². The fraction of sp³-hybridized carbons (Fsp3) is 0.562. The predicted octanol–water partition coefficient (Wildman–Crippen LogP) is 3.06. The molecule has 0 aliphatic rings. The Morgan fingerprint density at radius 2 is 1.86 bits per heavy atom. The molecule has 0 spiro atoms. The van der Waals surface area contributed by atoms with Crippen LogP contribution < -0.4 is 0 Å². The van der Waals surface area contributed by atoms with Gasteiger partial charge in [-0.05, 0) is 37.6 Å². The first kappa shape index (κ1) is 16.4. The number of carboxylic acid groups (broad SMARTS) is 1. The zero-order valence-corrected chi connectivity index (χ0v) is 13.3. The van der Waals surface area contributed by atoms with Gasteiger partial charge in [0.15, 0.2) is 0 Å². The van der Waals surface area contributed by atoms with Gasteiger partial charge in [0.05, 0.1) is 5.56 Å². The van der Waals surface area contributed by atoms with E-state index in [0.717, 1.165) is 44.3 Å². The number of aromatic carboxylic acids is 1. The Labute approximate surface area is 130 Å². The molecule has 0 amide bonds. The van der Waals surface area contributed by atoms with E-state index in [1.54, 1.807) is 0 Å². The number of aromatic amines is 1. The van der Waals surface area contributed by atoms with Crippen LogP contribution in [-0.4, -0.2) is 44.5 Å². The van der Waals surface area contributed by atoms with Crippen LogP contribution in [0.3, 0.4) is 0 Å². The van der Waals surface area contributed by atoms with Crippen molar-refractivity contribution in [1.82, 2.24) is 20.3 Å². The summed E-state index contributed by atoms with van der Waals surface area (Å²) in [5.41, 5.74) is 2.11. The molecule has 0 aliphatic carbocycles. The van der Waals surface area contributed by atoms with Crippen LogP contribution >= 0.6 is 0 Å². The molecule has 2 N–H and O–H groups in total. The van der Waals surface area contributed by atoms with Crippen molar-refractivity contribution in [3.63, 3.8) is 0 Å². The van der Waals surface area contributed by atoms with Crippen molar-refractivity contribution in [2.24, 2.45) is 0 Å². The topological polar surface area (TPSA) is 82.1 Å².